The van der Waals surface area contributed by atoms with Gasteiger partial charge < -0.3 is 20.1 Å². The summed E-state index contributed by atoms with van der Waals surface area (Å²) in [6, 6.07) is 4.06. The van der Waals surface area contributed by atoms with Gasteiger partial charge in [0.05, 0.1) is 46.8 Å². The van der Waals surface area contributed by atoms with Gasteiger partial charge in [0.25, 0.3) is 5.91 Å². The molecule has 2 N–H and O–H groups in total. The first kappa shape index (κ1) is 23.3. The van der Waals surface area contributed by atoms with E-state index in [0.29, 0.717) is 35.6 Å². The summed E-state index contributed by atoms with van der Waals surface area (Å²) in [6.07, 6.45) is 5.79. The second-order valence-corrected chi connectivity index (χ2v) is 9.41. The molecule has 184 valence electrons. The fourth-order valence-electron chi connectivity index (χ4n) is 4.34. The predicted molar refractivity (Wildman–Crippen MR) is 126 cm³/mol. The normalized spacial score (nSPS) is 20.6. The Hall–Kier alpha value is -3.40. The van der Waals surface area contributed by atoms with E-state index in [9.17, 15) is 18.0 Å². The molecule has 1 amide bonds. The topological polar surface area (TPSA) is 75.1 Å². The molecule has 2 fully saturated rings. The maximum absolute atomic E-state index is 14.6. The maximum atomic E-state index is 14.6. The molecule has 0 radical (unpaired) electrons. The molecule has 5 rings (SSSR count). The number of carbonyl (C=O) groups excluding carboxylic acids is 1. The number of hydrogen-bond donors (Lipinski definition) is 2. The number of pyridine rings is 1. The van der Waals surface area contributed by atoms with Gasteiger partial charge >= 0.3 is 0 Å². The summed E-state index contributed by atoms with van der Waals surface area (Å²) in [5.41, 5.74) is 2.07. The number of likely N-dealkylation sites (tertiary alicyclic amines) is 1. The number of nitrogens with one attached hydrogen (secondary N) is 2. The highest BCUT2D eigenvalue weighted by atomic mass is 19.1. The number of imidazole rings is 1. The predicted octanol–water partition coefficient (Wildman–Crippen LogP) is 3.87. The summed E-state index contributed by atoms with van der Waals surface area (Å²) in [5.74, 6) is -1.76. The molecule has 2 aliphatic rings. The average molecular weight is 485 g/mol. The van der Waals surface area contributed by atoms with Crippen LogP contribution < -0.4 is 10.6 Å². The lowest BCUT2D eigenvalue weighted by Crippen LogP contribution is -2.46. The van der Waals surface area contributed by atoms with E-state index in [4.69, 9.17) is 0 Å². The van der Waals surface area contributed by atoms with Crippen molar-refractivity contribution in [3.05, 3.63) is 59.8 Å². The molecule has 2 atom stereocenters. The minimum atomic E-state index is -1.05. The van der Waals surface area contributed by atoms with Crippen molar-refractivity contribution in [1.29, 1.82) is 0 Å². The van der Waals surface area contributed by atoms with Gasteiger partial charge in [0.1, 0.15) is 12.0 Å². The molecule has 7 nitrogen and oxygen atoms in total. The van der Waals surface area contributed by atoms with Crippen LogP contribution in [0.15, 0.2) is 36.9 Å². The Morgan fingerprint density at radius 2 is 1.94 bits per heavy atom. The first-order valence-electron chi connectivity index (χ1n) is 11.7. The van der Waals surface area contributed by atoms with Gasteiger partial charge in [0.2, 0.25) is 5.95 Å². The van der Waals surface area contributed by atoms with Crippen molar-refractivity contribution >= 4 is 11.6 Å². The fourth-order valence-corrected chi connectivity index (χ4v) is 4.34. The van der Waals surface area contributed by atoms with Gasteiger partial charge in [0.15, 0.2) is 0 Å². The van der Waals surface area contributed by atoms with Gasteiger partial charge in [-0.15, -0.1) is 0 Å². The number of anilines is 1. The summed E-state index contributed by atoms with van der Waals surface area (Å²) >= 11 is 0. The van der Waals surface area contributed by atoms with Crippen molar-refractivity contribution in [3.8, 4) is 16.9 Å². The molecule has 2 unspecified atom stereocenters. The van der Waals surface area contributed by atoms with Gasteiger partial charge in [-0.25, -0.2) is 18.7 Å². The molecule has 0 spiro atoms. The van der Waals surface area contributed by atoms with Crippen molar-refractivity contribution in [2.45, 2.75) is 44.4 Å². The zero-order valence-corrected chi connectivity index (χ0v) is 19.6. The first-order chi connectivity index (χ1) is 16.8. The summed E-state index contributed by atoms with van der Waals surface area (Å²) < 4.78 is 45.2. The molecule has 35 heavy (non-hydrogen) atoms. The van der Waals surface area contributed by atoms with Crippen molar-refractivity contribution in [2.24, 2.45) is 0 Å². The third-order valence-electron chi connectivity index (χ3n) is 6.52. The first-order valence-corrected chi connectivity index (χ1v) is 11.7. The smallest absolute Gasteiger partial charge is 0.254 e. The number of rotatable bonds is 6. The second kappa shape index (κ2) is 9.33. The molecular weight excluding hydrogens is 457 g/mol. The Kier molecular flexibility index (Phi) is 6.22. The van der Waals surface area contributed by atoms with Crippen molar-refractivity contribution in [1.82, 2.24) is 24.8 Å². The Morgan fingerprint density at radius 1 is 1.14 bits per heavy atom. The number of hydrogen-bond acceptors (Lipinski definition) is 5. The van der Waals surface area contributed by atoms with Crippen LogP contribution in [0.3, 0.4) is 0 Å². The summed E-state index contributed by atoms with van der Waals surface area (Å²) in [5, 5.41) is 5.93. The lowest BCUT2D eigenvalue weighted by atomic mass is 10.0. The average Bonchev–Trinajstić information content (AvgIpc) is 3.49. The van der Waals surface area contributed by atoms with Crippen LogP contribution in [0, 0.1) is 18.7 Å². The van der Waals surface area contributed by atoms with Crippen LogP contribution in [0.5, 0.6) is 0 Å². The second-order valence-electron chi connectivity index (χ2n) is 9.41. The van der Waals surface area contributed by atoms with E-state index < -0.39 is 23.8 Å². The van der Waals surface area contributed by atoms with Crippen molar-refractivity contribution in [3.63, 3.8) is 0 Å². The Balaban J connectivity index is 1.40. The fraction of sp³-hybridized carbons (Fsp3) is 0.400. The number of benzene rings is 1. The zero-order valence-electron chi connectivity index (χ0n) is 19.6. The van der Waals surface area contributed by atoms with E-state index in [1.165, 1.54) is 24.7 Å². The van der Waals surface area contributed by atoms with E-state index in [-0.39, 0.29) is 23.2 Å². The minimum Gasteiger partial charge on any atom is -0.378 e. The third kappa shape index (κ3) is 5.02. The lowest BCUT2D eigenvalue weighted by Gasteiger charge is -2.33. The SMILES string of the molecule is Cc1cc(F)c(C(=O)NC2CC2)cc1-n1cnc(-c2cc(NC3CCN(C)CC3F)cnc2F)c1. The van der Waals surface area contributed by atoms with E-state index >= 15 is 0 Å². The van der Waals surface area contributed by atoms with Crippen LogP contribution >= 0.6 is 0 Å². The number of aromatic nitrogens is 3. The monoisotopic (exact) mass is 484 g/mol. The van der Waals surface area contributed by atoms with E-state index in [0.717, 1.165) is 19.4 Å². The number of aryl methyl sites for hydroxylation is 1. The van der Waals surface area contributed by atoms with Gasteiger partial charge in [-0.3, -0.25) is 4.79 Å². The van der Waals surface area contributed by atoms with E-state index in [2.05, 4.69) is 20.6 Å². The van der Waals surface area contributed by atoms with Crippen LogP contribution in [0.4, 0.5) is 18.9 Å². The summed E-state index contributed by atoms with van der Waals surface area (Å²) in [7, 11) is 1.88. The minimum absolute atomic E-state index is 0.0503. The maximum Gasteiger partial charge on any atom is 0.254 e. The van der Waals surface area contributed by atoms with E-state index in [1.807, 2.05) is 11.9 Å². The highest BCUT2D eigenvalue weighted by Gasteiger charge is 2.28. The number of alkyl halides is 1. The Bertz CT molecular complexity index is 1260. The van der Waals surface area contributed by atoms with Crippen molar-refractivity contribution in [2.75, 3.05) is 25.5 Å². The molecule has 3 aromatic rings. The van der Waals surface area contributed by atoms with Crippen LogP contribution in [0.1, 0.15) is 35.2 Å². The number of piperidine rings is 1. The Labute approximate surface area is 201 Å². The number of carbonyl (C=O) groups is 1. The molecule has 1 aromatic carbocycles. The van der Waals surface area contributed by atoms with Gasteiger partial charge in [-0.05, 0) is 57.0 Å². The molecule has 0 bridgehead atoms. The summed E-state index contributed by atoms with van der Waals surface area (Å²) in [4.78, 5) is 22.5. The lowest BCUT2D eigenvalue weighted by molar-refractivity contribution is 0.0947. The molecule has 1 saturated carbocycles. The standard InChI is InChI=1S/C25H27F3N6O/c1-14-7-19(26)17(25(35)32-15-3-4-15)9-23(14)34-12-22(30-13-34)18-8-16(10-29-24(18)28)31-21-5-6-33(2)11-20(21)27/h7-10,12-13,15,20-21,31H,3-6,11H2,1-2H3,(H,32,35). The molecule has 2 aromatic heterocycles. The van der Waals surface area contributed by atoms with Gasteiger partial charge in [-0.2, -0.15) is 4.39 Å². The van der Waals surface area contributed by atoms with Crippen molar-refractivity contribution < 1.29 is 18.0 Å². The van der Waals surface area contributed by atoms with E-state index in [1.54, 1.807) is 23.8 Å². The number of nitrogens with zero attached hydrogens (tertiary/aromatic N) is 4. The summed E-state index contributed by atoms with van der Waals surface area (Å²) in [6.45, 7) is 2.82. The molecule has 10 heteroatoms. The van der Waals surface area contributed by atoms with Gasteiger partial charge in [-0.1, -0.05) is 0 Å². The zero-order chi connectivity index (χ0) is 24.7. The Morgan fingerprint density at radius 3 is 2.69 bits per heavy atom. The van der Waals surface area contributed by atoms with Crippen LogP contribution in [-0.2, 0) is 0 Å². The largest absolute Gasteiger partial charge is 0.378 e. The number of halogens is 3. The van der Waals surface area contributed by atoms with Crippen LogP contribution in [0.25, 0.3) is 16.9 Å². The molecule has 3 heterocycles. The third-order valence-corrected chi connectivity index (χ3v) is 6.52. The highest BCUT2D eigenvalue weighted by Crippen LogP contribution is 2.28. The molecule has 1 aliphatic carbocycles. The number of amides is 1. The van der Waals surface area contributed by atoms with Crippen LogP contribution in [0.2, 0.25) is 0 Å². The van der Waals surface area contributed by atoms with Gasteiger partial charge in [0, 0.05) is 25.3 Å². The van der Waals surface area contributed by atoms with Crippen LogP contribution in [-0.4, -0.2) is 63.7 Å². The molecule has 1 aliphatic heterocycles. The highest BCUT2D eigenvalue weighted by molar-refractivity contribution is 5.95. The molecular formula is C25H27F3N6O. The molecule has 1 saturated heterocycles. The quantitative estimate of drug-likeness (QED) is 0.520.